The number of aromatic nitrogens is 2. The molecule has 1 heterocycles. The van der Waals surface area contributed by atoms with Crippen LogP contribution in [0.3, 0.4) is 0 Å². The predicted molar refractivity (Wildman–Crippen MR) is 143 cm³/mol. The summed E-state index contributed by atoms with van der Waals surface area (Å²) in [4.78, 5) is 17.5. The molecule has 0 saturated heterocycles. The summed E-state index contributed by atoms with van der Waals surface area (Å²) in [6, 6.07) is 13.5. The molecule has 0 radical (unpaired) electrons. The second-order valence-corrected chi connectivity index (χ2v) is 9.07. The van der Waals surface area contributed by atoms with Gasteiger partial charge >= 0.3 is 0 Å². The van der Waals surface area contributed by atoms with Crippen LogP contribution in [0, 0.1) is 0 Å². The largest absolute Gasteiger partial charge is 0.493 e. The van der Waals surface area contributed by atoms with Crippen LogP contribution >= 0.6 is 0 Å². The van der Waals surface area contributed by atoms with E-state index in [0.717, 1.165) is 24.3 Å². The van der Waals surface area contributed by atoms with Crippen molar-refractivity contribution in [1.82, 2.24) is 14.9 Å². The molecule has 0 unspecified atom stereocenters. The standard InChI is InChI=1S/C29H41N3O3/c1-4-5-6-7-8-9-10-11-14-21-32-25-16-13-12-15-24(25)31-28(32)19-20-30-29(33)23-17-18-26(34-2)27(22-23)35-3/h12-13,15-18,22H,4-11,14,19-21H2,1-3H3,(H,30,33). The summed E-state index contributed by atoms with van der Waals surface area (Å²) in [5.41, 5.74) is 2.74. The van der Waals surface area contributed by atoms with Gasteiger partial charge in [-0.05, 0) is 36.8 Å². The lowest BCUT2D eigenvalue weighted by atomic mass is 10.1. The number of rotatable bonds is 16. The molecule has 6 nitrogen and oxygen atoms in total. The first-order valence-electron chi connectivity index (χ1n) is 13.1. The maximum atomic E-state index is 12.7. The van der Waals surface area contributed by atoms with Crippen LogP contribution in [0.5, 0.6) is 11.5 Å². The summed E-state index contributed by atoms with van der Waals surface area (Å²) >= 11 is 0. The first-order valence-corrected chi connectivity index (χ1v) is 13.1. The zero-order valence-corrected chi connectivity index (χ0v) is 21.6. The van der Waals surface area contributed by atoms with Crippen molar-refractivity contribution >= 4 is 16.9 Å². The number of carbonyl (C=O) groups is 1. The maximum Gasteiger partial charge on any atom is 0.251 e. The molecule has 190 valence electrons. The normalized spacial score (nSPS) is 11.1. The van der Waals surface area contributed by atoms with Gasteiger partial charge in [-0.3, -0.25) is 4.79 Å². The molecule has 0 aliphatic heterocycles. The fourth-order valence-electron chi connectivity index (χ4n) is 4.51. The lowest BCUT2D eigenvalue weighted by Crippen LogP contribution is -2.26. The molecule has 35 heavy (non-hydrogen) atoms. The van der Waals surface area contributed by atoms with E-state index in [0.29, 0.717) is 30.0 Å². The Balaban J connectivity index is 1.52. The van der Waals surface area contributed by atoms with Crippen molar-refractivity contribution in [3.05, 3.63) is 53.9 Å². The molecule has 3 aromatic rings. The van der Waals surface area contributed by atoms with Gasteiger partial charge in [0.05, 0.1) is 25.3 Å². The van der Waals surface area contributed by atoms with E-state index in [9.17, 15) is 4.79 Å². The van der Waals surface area contributed by atoms with E-state index < -0.39 is 0 Å². The Morgan fingerprint density at radius 2 is 1.57 bits per heavy atom. The van der Waals surface area contributed by atoms with E-state index in [4.69, 9.17) is 14.5 Å². The third kappa shape index (κ3) is 7.74. The van der Waals surface area contributed by atoms with Gasteiger partial charge in [0, 0.05) is 25.1 Å². The third-order valence-corrected chi connectivity index (χ3v) is 6.50. The highest BCUT2D eigenvalue weighted by Crippen LogP contribution is 2.27. The summed E-state index contributed by atoms with van der Waals surface area (Å²) in [6.07, 6.45) is 12.5. The van der Waals surface area contributed by atoms with E-state index >= 15 is 0 Å². The number of imidazole rings is 1. The second-order valence-electron chi connectivity index (χ2n) is 9.07. The summed E-state index contributed by atoms with van der Waals surface area (Å²) < 4.78 is 12.9. The molecule has 3 rings (SSSR count). The van der Waals surface area contributed by atoms with Gasteiger partial charge in [0.1, 0.15) is 5.82 Å². The summed E-state index contributed by atoms with van der Waals surface area (Å²) in [6.45, 7) is 3.75. The van der Waals surface area contributed by atoms with Crippen LogP contribution in [0.1, 0.15) is 80.9 Å². The molecule has 0 saturated carbocycles. The lowest BCUT2D eigenvalue weighted by molar-refractivity contribution is 0.0953. The number of carbonyl (C=O) groups excluding carboxylic acids is 1. The van der Waals surface area contributed by atoms with Crippen LogP contribution in [-0.4, -0.2) is 36.2 Å². The Morgan fingerprint density at radius 3 is 2.29 bits per heavy atom. The summed E-state index contributed by atoms with van der Waals surface area (Å²) in [5, 5.41) is 3.02. The average Bonchev–Trinajstić information content (AvgIpc) is 3.24. The number of ether oxygens (including phenoxy) is 2. The van der Waals surface area contributed by atoms with Crippen LogP contribution in [0.25, 0.3) is 11.0 Å². The van der Waals surface area contributed by atoms with Gasteiger partial charge < -0.3 is 19.4 Å². The number of nitrogens with zero attached hydrogens (tertiary/aromatic N) is 2. The summed E-state index contributed by atoms with van der Waals surface area (Å²) in [7, 11) is 3.15. The van der Waals surface area contributed by atoms with Gasteiger partial charge in [0.15, 0.2) is 11.5 Å². The monoisotopic (exact) mass is 479 g/mol. The predicted octanol–water partition coefficient (Wildman–Crippen LogP) is 6.56. The van der Waals surface area contributed by atoms with Crippen molar-refractivity contribution in [3.8, 4) is 11.5 Å². The van der Waals surface area contributed by atoms with Crippen LogP contribution in [0.2, 0.25) is 0 Å². The minimum absolute atomic E-state index is 0.132. The van der Waals surface area contributed by atoms with Crippen LogP contribution in [0.15, 0.2) is 42.5 Å². The van der Waals surface area contributed by atoms with Gasteiger partial charge in [0.2, 0.25) is 0 Å². The molecule has 0 spiro atoms. The van der Waals surface area contributed by atoms with E-state index in [2.05, 4.69) is 35.0 Å². The molecule has 0 aliphatic rings. The third-order valence-electron chi connectivity index (χ3n) is 6.50. The van der Waals surface area contributed by atoms with Crippen molar-refractivity contribution in [2.24, 2.45) is 0 Å². The number of hydrogen-bond donors (Lipinski definition) is 1. The molecule has 1 N–H and O–H groups in total. The summed E-state index contributed by atoms with van der Waals surface area (Å²) in [5.74, 6) is 2.04. The quantitative estimate of drug-likeness (QED) is 0.236. The van der Waals surface area contributed by atoms with E-state index in [1.165, 1.54) is 56.9 Å². The lowest BCUT2D eigenvalue weighted by Gasteiger charge is -2.11. The first-order chi connectivity index (χ1) is 17.2. The molecular formula is C29H41N3O3. The Morgan fingerprint density at radius 1 is 0.886 bits per heavy atom. The van der Waals surface area contributed by atoms with Gasteiger partial charge in [-0.2, -0.15) is 0 Å². The fraction of sp³-hybridized carbons (Fsp3) is 0.517. The average molecular weight is 480 g/mol. The maximum absolute atomic E-state index is 12.7. The Hall–Kier alpha value is -3.02. The van der Waals surface area contributed by atoms with Crippen LogP contribution < -0.4 is 14.8 Å². The van der Waals surface area contributed by atoms with Gasteiger partial charge in [-0.15, -0.1) is 0 Å². The fourth-order valence-corrected chi connectivity index (χ4v) is 4.51. The molecule has 6 heteroatoms. The number of methoxy groups -OCH3 is 2. The Bertz CT molecular complexity index is 1060. The highest BCUT2D eigenvalue weighted by molar-refractivity contribution is 5.94. The van der Waals surface area contributed by atoms with Crippen molar-refractivity contribution in [2.45, 2.75) is 77.7 Å². The highest BCUT2D eigenvalue weighted by Gasteiger charge is 2.13. The van der Waals surface area contributed by atoms with Crippen molar-refractivity contribution < 1.29 is 14.3 Å². The molecule has 1 amide bonds. The second kappa shape index (κ2) is 14.4. The van der Waals surface area contributed by atoms with Gasteiger partial charge in [0.25, 0.3) is 5.91 Å². The van der Waals surface area contributed by atoms with Gasteiger partial charge in [-0.25, -0.2) is 4.98 Å². The first kappa shape index (κ1) is 26.6. The Kier molecular flexibility index (Phi) is 10.9. The number of nitrogens with one attached hydrogen (secondary N) is 1. The van der Waals surface area contributed by atoms with Crippen LogP contribution in [-0.2, 0) is 13.0 Å². The molecule has 0 bridgehead atoms. The number of amides is 1. The van der Waals surface area contributed by atoms with Gasteiger partial charge in [-0.1, -0.05) is 70.4 Å². The zero-order valence-electron chi connectivity index (χ0n) is 21.6. The topological polar surface area (TPSA) is 65.4 Å². The minimum Gasteiger partial charge on any atom is -0.493 e. The van der Waals surface area contributed by atoms with E-state index in [1.807, 2.05) is 6.07 Å². The van der Waals surface area contributed by atoms with E-state index in [1.54, 1.807) is 32.4 Å². The van der Waals surface area contributed by atoms with E-state index in [-0.39, 0.29) is 5.91 Å². The number of unbranched alkanes of at least 4 members (excludes halogenated alkanes) is 8. The number of aryl methyl sites for hydroxylation is 1. The number of fused-ring (bicyclic) bond motifs is 1. The van der Waals surface area contributed by atoms with Crippen molar-refractivity contribution in [2.75, 3.05) is 20.8 Å². The number of hydrogen-bond acceptors (Lipinski definition) is 4. The SMILES string of the molecule is CCCCCCCCCCCn1c(CCNC(=O)c2ccc(OC)c(OC)c2)nc2ccccc21. The molecule has 1 aromatic heterocycles. The molecule has 0 fully saturated rings. The number of para-hydroxylation sites is 2. The number of benzene rings is 2. The van der Waals surface area contributed by atoms with Crippen molar-refractivity contribution in [1.29, 1.82) is 0 Å². The van der Waals surface area contributed by atoms with Crippen LogP contribution in [0.4, 0.5) is 0 Å². The zero-order chi connectivity index (χ0) is 24.9. The molecular weight excluding hydrogens is 438 g/mol. The smallest absolute Gasteiger partial charge is 0.251 e. The molecule has 0 aliphatic carbocycles. The van der Waals surface area contributed by atoms with Crippen molar-refractivity contribution in [3.63, 3.8) is 0 Å². The minimum atomic E-state index is -0.132. The Labute approximate surface area is 210 Å². The highest BCUT2D eigenvalue weighted by atomic mass is 16.5. The molecule has 0 atom stereocenters. The molecule has 2 aromatic carbocycles.